The smallest absolute Gasteiger partial charge is 0.383 e. The molecule has 2 aliphatic rings. The Morgan fingerprint density at radius 2 is 1.84 bits per heavy atom. The zero-order valence-corrected chi connectivity index (χ0v) is 17.1. The average molecular weight is 430 g/mol. The molecule has 4 rings (SSSR count). The first-order chi connectivity index (χ1) is 14.9. The minimum absolute atomic E-state index is 0.0617. The standard InChI is InChI=1S/C23H25F3N4O/c24-23(25,26)19-14-16(8-9-21(19)27-10-13-30-11-4-1-5-12-30)28-15-18-17-6-2-3-7-20(17)29-22(18)31/h2-3,6-9,14-15,27-28H,1,4-5,10-13H2,(H,29,31)/b18-15+. The van der Waals surface area contributed by atoms with Gasteiger partial charge in [0.15, 0.2) is 0 Å². The molecule has 1 fully saturated rings. The fourth-order valence-corrected chi connectivity index (χ4v) is 3.99. The molecule has 0 unspecified atom stereocenters. The van der Waals surface area contributed by atoms with Crippen molar-refractivity contribution in [2.24, 2.45) is 0 Å². The highest BCUT2D eigenvalue weighted by atomic mass is 19.4. The lowest BCUT2D eigenvalue weighted by molar-refractivity contribution is -0.136. The first-order valence-corrected chi connectivity index (χ1v) is 10.5. The van der Waals surface area contributed by atoms with Gasteiger partial charge in [0.2, 0.25) is 0 Å². The van der Waals surface area contributed by atoms with Crippen LogP contribution in [0.5, 0.6) is 0 Å². The summed E-state index contributed by atoms with van der Waals surface area (Å²) in [6.07, 6.45) is 0.466. The van der Waals surface area contributed by atoms with Gasteiger partial charge in [-0.05, 0) is 50.2 Å². The van der Waals surface area contributed by atoms with Crippen molar-refractivity contribution in [1.29, 1.82) is 0 Å². The van der Waals surface area contributed by atoms with Gasteiger partial charge < -0.3 is 20.9 Å². The number of rotatable bonds is 6. The molecule has 31 heavy (non-hydrogen) atoms. The van der Waals surface area contributed by atoms with Crippen LogP contribution in [-0.4, -0.2) is 37.0 Å². The summed E-state index contributed by atoms with van der Waals surface area (Å²) in [5, 5.41) is 8.53. The number of halogens is 3. The molecule has 0 aliphatic carbocycles. The highest BCUT2D eigenvalue weighted by Crippen LogP contribution is 2.37. The molecular formula is C23H25F3N4O. The van der Waals surface area contributed by atoms with E-state index in [1.165, 1.54) is 18.7 Å². The van der Waals surface area contributed by atoms with Crippen LogP contribution >= 0.6 is 0 Å². The zero-order chi connectivity index (χ0) is 21.8. The molecule has 2 aromatic rings. The highest BCUT2D eigenvalue weighted by molar-refractivity contribution is 6.31. The number of nitrogens with zero attached hydrogens (tertiary/aromatic N) is 1. The monoisotopic (exact) mass is 430 g/mol. The minimum Gasteiger partial charge on any atom is -0.383 e. The lowest BCUT2D eigenvalue weighted by Crippen LogP contribution is -2.33. The molecule has 164 valence electrons. The Morgan fingerprint density at radius 3 is 2.61 bits per heavy atom. The summed E-state index contributed by atoms with van der Waals surface area (Å²) < 4.78 is 41.0. The molecule has 5 nitrogen and oxygen atoms in total. The molecule has 0 bridgehead atoms. The van der Waals surface area contributed by atoms with Crippen molar-refractivity contribution in [3.8, 4) is 0 Å². The summed E-state index contributed by atoms with van der Waals surface area (Å²) in [6, 6.07) is 11.3. The number of alkyl halides is 3. The summed E-state index contributed by atoms with van der Waals surface area (Å²) in [7, 11) is 0. The number of hydrogen-bond acceptors (Lipinski definition) is 4. The van der Waals surface area contributed by atoms with Crippen LogP contribution in [0.3, 0.4) is 0 Å². The van der Waals surface area contributed by atoms with Crippen LogP contribution in [0.15, 0.2) is 48.7 Å². The number of fused-ring (bicyclic) bond motifs is 1. The van der Waals surface area contributed by atoms with Gasteiger partial charge in [0.25, 0.3) is 5.91 Å². The number of piperidine rings is 1. The predicted octanol–water partition coefficient (Wildman–Crippen LogP) is 5.01. The Bertz CT molecular complexity index is 981. The van der Waals surface area contributed by atoms with Gasteiger partial charge in [-0.3, -0.25) is 4.79 Å². The van der Waals surface area contributed by atoms with Gasteiger partial charge in [0.1, 0.15) is 0 Å². The van der Waals surface area contributed by atoms with E-state index < -0.39 is 11.7 Å². The van der Waals surface area contributed by atoms with E-state index in [1.54, 1.807) is 24.3 Å². The summed E-state index contributed by atoms with van der Waals surface area (Å²) in [6.45, 7) is 3.18. The molecule has 3 N–H and O–H groups in total. The maximum absolute atomic E-state index is 13.7. The van der Waals surface area contributed by atoms with Crippen LogP contribution in [0, 0.1) is 0 Å². The van der Waals surface area contributed by atoms with Crippen LogP contribution in [0.4, 0.5) is 30.2 Å². The fraction of sp³-hybridized carbons (Fsp3) is 0.348. The van der Waals surface area contributed by atoms with E-state index >= 15 is 0 Å². The lowest BCUT2D eigenvalue weighted by atomic mass is 10.1. The van der Waals surface area contributed by atoms with Crippen molar-refractivity contribution in [3.63, 3.8) is 0 Å². The SMILES string of the molecule is O=C1Nc2ccccc2/C1=C\Nc1ccc(NCCN2CCCCC2)c(C(F)(F)F)c1. The third-order valence-electron chi connectivity index (χ3n) is 5.61. The molecule has 0 spiro atoms. The maximum atomic E-state index is 13.7. The highest BCUT2D eigenvalue weighted by Gasteiger charge is 2.34. The van der Waals surface area contributed by atoms with Gasteiger partial charge in [0.05, 0.1) is 11.1 Å². The Hall–Kier alpha value is -3.00. The largest absolute Gasteiger partial charge is 0.418 e. The van der Waals surface area contributed by atoms with E-state index in [2.05, 4.69) is 20.9 Å². The molecule has 0 atom stereocenters. The molecule has 0 radical (unpaired) electrons. The van der Waals surface area contributed by atoms with Crippen molar-refractivity contribution in [2.75, 3.05) is 42.1 Å². The number of nitrogens with one attached hydrogen (secondary N) is 3. The van der Waals surface area contributed by atoms with E-state index in [0.717, 1.165) is 38.5 Å². The van der Waals surface area contributed by atoms with Crippen molar-refractivity contribution >= 4 is 28.5 Å². The molecule has 2 aromatic carbocycles. The minimum atomic E-state index is -4.49. The normalized spacial score (nSPS) is 18.0. The van der Waals surface area contributed by atoms with E-state index in [-0.39, 0.29) is 17.3 Å². The number of anilines is 3. The topological polar surface area (TPSA) is 56.4 Å². The van der Waals surface area contributed by atoms with Crippen LogP contribution in [0.2, 0.25) is 0 Å². The van der Waals surface area contributed by atoms with Gasteiger partial charge in [0, 0.05) is 41.9 Å². The second kappa shape index (κ2) is 9.01. The van der Waals surface area contributed by atoms with Crippen molar-refractivity contribution in [1.82, 2.24) is 4.90 Å². The van der Waals surface area contributed by atoms with Crippen LogP contribution in [0.1, 0.15) is 30.4 Å². The Balaban J connectivity index is 1.47. The van der Waals surface area contributed by atoms with Crippen molar-refractivity contribution in [3.05, 3.63) is 59.8 Å². The van der Waals surface area contributed by atoms with E-state index in [4.69, 9.17) is 0 Å². The number of amides is 1. The molecule has 0 saturated carbocycles. The van der Waals surface area contributed by atoms with Gasteiger partial charge in [-0.25, -0.2) is 0 Å². The number of benzene rings is 2. The van der Waals surface area contributed by atoms with Gasteiger partial charge >= 0.3 is 6.18 Å². The molecule has 1 saturated heterocycles. The molecule has 2 aliphatic heterocycles. The molecular weight excluding hydrogens is 405 g/mol. The molecule has 8 heteroatoms. The first kappa shape index (κ1) is 21.2. The maximum Gasteiger partial charge on any atom is 0.418 e. The third kappa shape index (κ3) is 5.02. The van der Waals surface area contributed by atoms with Crippen LogP contribution < -0.4 is 16.0 Å². The summed E-state index contributed by atoms with van der Waals surface area (Å²) >= 11 is 0. The van der Waals surface area contributed by atoms with Crippen LogP contribution in [0.25, 0.3) is 5.57 Å². The Kier molecular flexibility index (Phi) is 6.18. The second-order valence-corrected chi connectivity index (χ2v) is 7.79. The van der Waals surface area contributed by atoms with Gasteiger partial charge in [-0.15, -0.1) is 0 Å². The fourth-order valence-electron chi connectivity index (χ4n) is 3.99. The lowest BCUT2D eigenvalue weighted by Gasteiger charge is -2.26. The summed E-state index contributed by atoms with van der Waals surface area (Å²) in [4.78, 5) is 14.4. The summed E-state index contributed by atoms with van der Waals surface area (Å²) in [5.74, 6) is -0.291. The molecule has 0 aromatic heterocycles. The zero-order valence-electron chi connectivity index (χ0n) is 17.1. The molecule has 2 heterocycles. The number of para-hydroxylation sites is 1. The van der Waals surface area contributed by atoms with E-state index in [9.17, 15) is 18.0 Å². The third-order valence-corrected chi connectivity index (χ3v) is 5.61. The van der Waals surface area contributed by atoms with Crippen LogP contribution in [-0.2, 0) is 11.0 Å². The van der Waals surface area contributed by atoms with E-state index in [0.29, 0.717) is 23.4 Å². The number of likely N-dealkylation sites (tertiary alicyclic amines) is 1. The van der Waals surface area contributed by atoms with Crippen molar-refractivity contribution < 1.29 is 18.0 Å². The quantitative estimate of drug-likeness (QED) is 0.564. The number of hydrogen-bond donors (Lipinski definition) is 3. The van der Waals surface area contributed by atoms with Gasteiger partial charge in [-0.2, -0.15) is 13.2 Å². The second-order valence-electron chi connectivity index (χ2n) is 7.79. The Morgan fingerprint density at radius 1 is 1.06 bits per heavy atom. The number of carbonyl (C=O) groups is 1. The van der Waals surface area contributed by atoms with E-state index in [1.807, 2.05) is 6.07 Å². The first-order valence-electron chi connectivity index (χ1n) is 10.5. The Labute approximate surface area is 179 Å². The van der Waals surface area contributed by atoms with Gasteiger partial charge in [-0.1, -0.05) is 24.6 Å². The summed E-state index contributed by atoms with van der Waals surface area (Å²) in [5.41, 5.74) is 1.38. The number of carbonyl (C=O) groups excluding carboxylic acids is 1. The molecule has 1 amide bonds. The average Bonchev–Trinajstić information content (AvgIpc) is 3.08. The predicted molar refractivity (Wildman–Crippen MR) is 117 cm³/mol. The van der Waals surface area contributed by atoms with Crippen molar-refractivity contribution in [2.45, 2.75) is 25.4 Å².